The maximum Gasteiger partial charge on any atom is 0.198 e. The molecule has 1 saturated heterocycles. The summed E-state index contributed by atoms with van der Waals surface area (Å²) >= 11 is 5.34. The maximum atomic E-state index is 5.34. The highest BCUT2D eigenvalue weighted by atomic mass is 32.1. The molecule has 0 radical (unpaired) electrons. The summed E-state index contributed by atoms with van der Waals surface area (Å²) in [4.78, 5) is 4.88. The smallest absolute Gasteiger partial charge is 0.198 e. The van der Waals surface area contributed by atoms with Crippen molar-refractivity contribution in [2.75, 3.05) is 32.7 Å². The predicted octanol–water partition coefficient (Wildman–Crippen LogP) is 2.24. The molecule has 5 nitrogen and oxygen atoms in total. The van der Waals surface area contributed by atoms with E-state index in [1.807, 2.05) is 22.4 Å². The van der Waals surface area contributed by atoms with E-state index in [0.717, 1.165) is 44.2 Å². The molecule has 0 aliphatic carbocycles. The van der Waals surface area contributed by atoms with Gasteiger partial charge in [0.1, 0.15) is 6.33 Å². The van der Waals surface area contributed by atoms with E-state index in [1.165, 1.54) is 5.56 Å². The Balaban J connectivity index is 1.44. The van der Waals surface area contributed by atoms with Crippen molar-refractivity contribution in [1.29, 1.82) is 0 Å². The molecule has 1 aliphatic rings. The first-order chi connectivity index (χ1) is 11.2. The van der Waals surface area contributed by atoms with Crippen LogP contribution in [0.4, 0.5) is 0 Å². The van der Waals surface area contributed by atoms with Gasteiger partial charge in [-0.2, -0.15) is 5.10 Å². The Morgan fingerprint density at radius 1 is 1.09 bits per heavy atom. The van der Waals surface area contributed by atoms with Crippen LogP contribution < -0.4 is 0 Å². The van der Waals surface area contributed by atoms with E-state index in [4.69, 9.17) is 12.2 Å². The lowest BCUT2D eigenvalue weighted by atomic mass is 10.2. The molecule has 0 atom stereocenters. The molecule has 3 rings (SSSR count). The predicted molar refractivity (Wildman–Crippen MR) is 95.5 cm³/mol. The van der Waals surface area contributed by atoms with E-state index in [-0.39, 0.29) is 0 Å². The van der Waals surface area contributed by atoms with E-state index in [9.17, 15) is 0 Å². The number of piperazine rings is 1. The summed E-state index contributed by atoms with van der Waals surface area (Å²) in [6.07, 6.45) is 6.21. The van der Waals surface area contributed by atoms with E-state index in [0.29, 0.717) is 0 Å². The Hall–Kier alpha value is -1.76. The Kier molecular flexibility index (Phi) is 5.38. The largest absolute Gasteiger partial charge is 0.310 e. The number of benzene rings is 1. The summed E-state index contributed by atoms with van der Waals surface area (Å²) in [5.74, 6) is 0. The molecule has 2 aromatic rings. The number of rotatable bonds is 5. The zero-order valence-electron chi connectivity index (χ0n) is 13.5. The van der Waals surface area contributed by atoms with Crippen LogP contribution in [0.2, 0.25) is 0 Å². The van der Waals surface area contributed by atoms with Crippen LogP contribution in [-0.4, -0.2) is 56.9 Å². The first-order valence-electron chi connectivity index (χ1n) is 7.97. The fourth-order valence-electron chi connectivity index (χ4n) is 2.72. The number of hydrogen-bond acceptors (Lipinski definition) is 4. The van der Waals surface area contributed by atoms with Gasteiger partial charge in [0.15, 0.2) is 4.77 Å². The van der Waals surface area contributed by atoms with Crippen molar-refractivity contribution in [1.82, 2.24) is 24.1 Å². The summed E-state index contributed by atoms with van der Waals surface area (Å²) < 4.78 is 4.54. The third kappa shape index (κ3) is 4.37. The highest BCUT2D eigenvalue weighted by molar-refractivity contribution is 7.71. The Morgan fingerprint density at radius 3 is 2.43 bits per heavy atom. The molecule has 1 aromatic heterocycles. The van der Waals surface area contributed by atoms with Crippen LogP contribution in [0.3, 0.4) is 0 Å². The summed E-state index contributed by atoms with van der Waals surface area (Å²) in [5.41, 5.74) is 1.26. The van der Waals surface area contributed by atoms with Crippen LogP contribution in [0, 0.1) is 4.77 Å². The minimum absolute atomic E-state index is 0.776. The second-order valence-electron chi connectivity index (χ2n) is 5.90. The van der Waals surface area contributed by atoms with Crippen molar-refractivity contribution < 1.29 is 0 Å². The maximum absolute atomic E-state index is 5.34. The monoisotopic (exact) mass is 329 g/mol. The van der Waals surface area contributed by atoms with Crippen LogP contribution in [0.25, 0.3) is 6.08 Å². The normalized spacial score (nSPS) is 17.1. The van der Waals surface area contributed by atoms with Gasteiger partial charge in [0.25, 0.3) is 0 Å². The molecule has 122 valence electrons. The SMILES string of the molecule is Cn1cnn(CN2CCN(C/C=C/c3ccccc3)CC2)c1=S. The molecule has 0 spiro atoms. The zero-order chi connectivity index (χ0) is 16.1. The van der Waals surface area contributed by atoms with Crippen molar-refractivity contribution in [2.24, 2.45) is 7.05 Å². The van der Waals surface area contributed by atoms with Crippen LogP contribution in [0.15, 0.2) is 42.7 Å². The van der Waals surface area contributed by atoms with Crippen LogP contribution in [0.1, 0.15) is 5.56 Å². The fraction of sp³-hybridized carbons (Fsp3) is 0.412. The number of nitrogens with zero attached hydrogens (tertiary/aromatic N) is 5. The van der Waals surface area contributed by atoms with Gasteiger partial charge in [0.05, 0.1) is 6.67 Å². The van der Waals surface area contributed by atoms with E-state index < -0.39 is 0 Å². The average molecular weight is 329 g/mol. The van der Waals surface area contributed by atoms with Crippen molar-refractivity contribution in [3.63, 3.8) is 0 Å². The second kappa shape index (κ2) is 7.68. The number of aromatic nitrogens is 3. The van der Waals surface area contributed by atoms with Gasteiger partial charge in [-0.1, -0.05) is 42.5 Å². The Morgan fingerprint density at radius 2 is 1.78 bits per heavy atom. The van der Waals surface area contributed by atoms with E-state index in [1.54, 1.807) is 6.33 Å². The molecule has 0 unspecified atom stereocenters. The molecule has 0 saturated carbocycles. The standard InChI is InChI=1S/C17H23N5S/c1-19-14-18-22(17(19)23)15-21-12-10-20(11-13-21)9-5-8-16-6-3-2-4-7-16/h2-8,14H,9-13,15H2,1H3/b8-5+. The van der Waals surface area contributed by atoms with Crippen LogP contribution in [-0.2, 0) is 13.7 Å². The molecule has 0 bridgehead atoms. The van der Waals surface area contributed by atoms with Gasteiger partial charge in [-0.05, 0) is 17.8 Å². The lowest BCUT2D eigenvalue weighted by Crippen LogP contribution is -2.46. The van der Waals surface area contributed by atoms with Crippen molar-refractivity contribution >= 4 is 18.3 Å². The molecule has 1 aliphatic heterocycles. The summed E-state index contributed by atoms with van der Waals surface area (Å²) in [5, 5.41) is 4.32. The molecule has 0 amide bonds. The number of hydrogen-bond donors (Lipinski definition) is 0. The first-order valence-corrected chi connectivity index (χ1v) is 8.38. The molecular weight excluding hydrogens is 306 g/mol. The van der Waals surface area contributed by atoms with Gasteiger partial charge in [-0.15, -0.1) is 0 Å². The van der Waals surface area contributed by atoms with Gasteiger partial charge in [-0.3, -0.25) is 9.80 Å². The average Bonchev–Trinajstić information content (AvgIpc) is 2.89. The van der Waals surface area contributed by atoms with Gasteiger partial charge in [-0.25, -0.2) is 4.68 Å². The molecule has 1 fully saturated rings. The van der Waals surface area contributed by atoms with E-state index in [2.05, 4.69) is 51.3 Å². The first kappa shape index (κ1) is 16.1. The summed E-state index contributed by atoms with van der Waals surface area (Å²) in [6, 6.07) is 10.4. The molecule has 0 N–H and O–H groups in total. The Bertz CT molecular complexity index is 695. The van der Waals surface area contributed by atoms with Crippen molar-refractivity contribution in [2.45, 2.75) is 6.67 Å². The quantitative estimate of drug-likeness (QED) is 0.787. The molecule has 23 heavy (non-hydrogen) atoms. The van der Waals surface area contributed by atoms with Crippen molar-refractivity contribution in [3.8, 4) is 0 Å². The molecule has 2 heterocycles. The summed E-state index contributed by atoms with van der Waals surface area (Å²) in [6.45, 7) is 6.06. The minimum atomic E-state index is 0.776. The second-order valence-corrected chi connectivity index (χ2v) is 6.26. The van der Waals surface area contributed by atoms with E-state index >= 15 is 0 Å². The third-order valence-electron chi connectivity index (χ3n) is 4.16. The Labute approximate surface area is 142 Å². The topological polar surface area (TPSA) is 29.2 Å². The fourth-order valence-corrected chi connectivity index (χ4v) is 2.87. The van der Waals surface area contributed by atoms with Crippen LogP contribution >= 0.6 is 12.2 Å². The highest BCUT2D eigenvalue weighted by Gasteiger charge is 2.16. The minimum Gasteiger partial charge on any atom is -0.310 e. The lowest BCUT2D eigenvalue weighted by molar-refractivity contribution is 0.110. The number of aryl methyl sites for hydroxylation is 1. The summed E-state index contributed by atoms with van der Waals surface area (Å²) in [7, 11) is 1.93. The molecule has 1 aromatic carbocycles. The zero-order valence-corrected chi connectivity index (χ0v) is 14.3. The van der Waals surface area contributed by atoms with Gasteiger partial charge >= 0.3 is 0 Å². The highest BCUT2D eigenvalue weighted by Crippen LogP contribution is 2.06. The van der Waals surface area contributed by atoms with Crippen molar-refractivity contribution in [3.05, 3.63) is 53.1 Å². The third-order valence-corrected chi connectivity index (χ3v) is 4.66. The van der Waals surface area contributed by atoms with Crippen LogP contribution in [0.5, 0.6) is 0 Å². The van der Waals surface area contributed by atoms with Gasteiger partial charge < -0.3 is 4.57 Å². The van der Waals surface area contributed by atoms with Gasteiger partial charge in [0.2, 0.25) is 0 Å². The van der Waals surface area contributed by atoms with Gasteiger partial charge in [0, 0.05) is 39.8 Å². The lowest BCUT2D eigenvalue weighted by Gasteiger charge is -2.33. The molecular formula is C17H23N5S. The molecule has 6 heteroatoms.